The van der Waals surface area contributed by atoms with Gasteiger partial charge in [0.2, 0.25) is 0 Å². The third-order valence-electron chi connectivity index (χ3n) is 3.07. The summed E-state index contributed by atoms with van der Waals surface area (Å²) in [5.41, 5.74) is 1.07. The summed E-state index contributed by atoms with van der Waals surface area (Å²) in [6.07, 6.45) is 0.813. The SMILES string of the molecule is CN(CCC(C)(C)C#N)Cc1ccc(C(=O)O)cc1. The highest BCUT2D eigenvalue weighted by Gasteiger charge is 2.17. The number of aromatic carboxylic acids is 1. The van der Waals surface area contributed by atoms with Crippen molar-refractivity contribution < 1.29 is 9.90 Å². The molecule has 0 aromatic heterocycles. The minimum Gasteiger partial charge on any atom is -0.478 e. The van der Waals surface area contributed by atoms with Crippen LogP contribution in [0, 0.1) is 16.7 Å². The zero-order valence-corrected chi connectivity index (χ0v) is 11.7. The lowest BCUT2D eigenvalue weighted by Gasteiger charge is -2.21. The summed E-state index contributed by atoms with van der Waals surface area (Å²) in [6, 6.07) is 9.18. The van der Waals surface area contributed by atoms with Crippen LogP contribution in [0.2, 0.25) is 0 Å². The summed E-state index contributed by atoms with van der Waals surface area (Å²) in [7, 11) is 2.00. The van der Waals surface area contributed by atoms with Crippen LogP contribution in [0.15, 0.2) is 24.3 Å². The molecule has 4 heteroatoms. The molecule has 0 bridgehead atoms. The number of rotatable bonds is 6. The first-order chi connectivity index (χ1) is 8.84. The second-order valence-electron chi connectivity index (χ2n) is 5.49. The number of hydrogen-bond acceptors (Lipinski definition) is 3. The molecule has 0 atom stereocenters. The second-order valence-corrected chi connectivity index (χ2v) is 5.49. The van der Waals surface area contributed by atoms with Gasteiger partial charge < -0.3 is 10.0 Å². The van der Waals surface area contributed by atoms with Crippen molar-refractivity contribution in [2.45, 2.75) is 26.8 Å². The molecule has 1 aromatic rings. The molecule has 0 saturated carbocycles. The van der Waals surface area contributed by atoms with Crippen molar-refractivity contribution in [2.75, 3.05) is 13.6 Å². The molecule has 102 valence electrons. The summed E-state index contributed by atoms with van der Waals surface area (Å²) < 4.78 is 0. The molecule has 0 aliphatic carbocycles. The van der Waals surface area contributed by atoms with Crippen molar-refractivity contribution in [3.8, 4) is 6.07 Å². The minimum atomic E-state index is -0.907. The lowest BCUT2D eigenvalue weighted by molar-refractivity contribution is 0.0697. The Morgan fingerprint density at radius 3 is 2.42 bits per heavy atom. The molecule has 1 aromatic carbocycles. The van der Waals surface area contributed by atoms with E-state index in [0.717, 1.165) is 25.1 Å². The van der Waals surface area contributed by atoms with Crippen LogP contribution in [-0.2, 0) is 6.54 Å². The van der Waals surface area contributed by atoms with Crippen LogP contribution in [-0.4, -0.2) is 29.6 Å². The molecule has 1 N–H and O–H groups in total. The topological polar surface area (TPSA) is 64.3 Å². The van der Waals surface area contributed by atoms with Crippen LogP contribution in [0.4, 0.5) is 0 Å². The molecule has 0 saturated heterocycles. The molecule has 0 aliphatic rings. The lowest BCUT2D eigenvalue weighted by atomic mass is 9.91. The second kappa shape index (κ2) is 6.35. The fraction of sp³-hybridized carbons (Fsp3) is 0.467. The van der Waals surface area contributed by atoms with Crippen LogP contribution in [0.3, 0.4) is 0 Å². The Balaban J connectivity index is 2.51. The number of hydrogen-bond donors (Lipinski definition) is 1. The number of carboxylic acid groups (broad SMARTS) is 1. The molecule has 0 heterocycles. The lowest BCUT2D eigenvalue weighted by Crippen LogP contribution is -2.23. The highest BCUT2D eigenvalue weighted by Crippen LogP contribution is 2.19. The fourth-order valence-electron chi connectivity index (χ4n) is 1.67. The zero-order valence-electron chi connectivity index (χ0n) is 11.7. The van der Waals surface area contributed by atoms with Gasteiger partial charge >= 0.3 is 5.97 Å². The third kappa shape index (κ3) is 5.11. The normalized spacial score (nSPS) is 11.3. The first-order valence-corrected chi connectivity index (χ1v) is 6.26. The van der Waals surface area contributed by atoms with E-state index in [1.54, 1.807) is 12.1 Å². The van der Waals surface area contributed by atoms with Crippen LogP contribution in [0.25, 0.3) is 0 Å². The molecule has 0 amide bonds. The molecule has 4 nitrogen and oxygen atoms in total. The van der Waals surface area contributed by atoms with Gasteiger partial charge in [0.15, 0.2) is 0 Å². The van der Waals surface area contributed by atoms with Crippen molar-refractivity contribution >= 4 is 5.97 Å². The molecule has 0 spiro atoms. The van der Waals surface area contributed by atoms with Crippen LogP contribution in [0.5, 0.6) is 0 Å². The van der Waals surface area contributed by atoms with E-state index in [1.165, 1.54) is 0 Å². The highest BCUT2D eigenvalue weighted by atomic mass is 16.4. The van der Waals surface area contributed by atoms with Crippen LogP contribution in [0.1, 0.15) is 36.2 Å². The number of carboxylic acids is 1. The van der Waals surface area contributed by atoms with Gasteiger partial charge in [-0.2, -0.15) is 5.26 Å². The van der Waals surface area contributed by atoms with Gasteiger partial charge in [0.05, 0.1) is 17.0 Å². The fourth-order valence-corrected chi connectivity index (χ4v) is 1.67. The summed E-state index contributed by atoms with van der Waals surface area (Å²) in [6.45, 7) is 5.45. The molecule has 1 rings (SSSR count). The standard InChI is InChI=1S/C15H20N2O2/c1-15(2,11-16)8-9-17(3)10-12-4-6-13(7-5-12)14(18)19/h4-7H,8-10H2,1-3H3,(H,18,19). The van der Waals surface area contributed by atoms with Gasteiger partial charge in [-0.25, -0.2) is 4.79 Å². The maximum Gasteiger partial charge on any atom is 0.335 e. The van der Waals surface area contributed by atoms with E-state index in [-0.39, 0.29) is 5.41 Å². The molecule has 0 radical (unpaired) electrons. The predicted molar refractivity (Wildman–Crippen MR) is 73.7 cm³/mol. The Hall–Kier alpha value is -1.86. The quantitative estimate of drug-likeness (QED) is 0.854. The van der Waals surface area contributed by atoms with E-state index >= 15 is 0 Å². The van der Waals surface area contributed by atoms with Crippen LogP contribution >= 0.6 is 0 Å². The smallest absolute Gasteiger partial charge is 0.335 e. The summed E-state index contributed by atoms with van der Waals surface area (Å²) in [4.78, 5) is 12.9. The van der Waals surface area contributed by atoms with E-state index in [4.69, 9.17) is 10.4 Å². The molecule has 0 fully saturated rings. The van der Waals surface area contributed by atoms with Gasteiger partial charge in [-0.15, -0.1) is 0 Å². The average molecular weight is 260 g/mol. The van der Waals surface area contributed by atoms with Crippen molar-refractivity contribution in [2.24, 2.45) is 5.41 Å². The number of carbonyl (C=O) groups is 1. The van der Waals surface area contributed by atoms with Gasteiger partial charge in [0.1, 0.15) is 0 Å². The largest absolute Gasteiger partial charge is 0.478 e. The molecular formula is C15H20N2O2. The number of nitriles is 1. The minimum absolute atomic E-state index is 0.303. The molecule has 0 unspecified atom stereocenters. The van der Waals surface area contributed by atoms with E-state index < -0.39 is 5.97 Å². The van der Waals surface area contributed by atoms with E-state index in [2.05, 4.69) is 11.0 Å². The first-order valence-electron chi connectivity index (χ1n) is 6.26. The summed E-state index contributed by atoms with van der Waals surface area (Å²) >= 11 is 0. The van der Waals surface area contributed by atoms with Crippen molar-refractivity contribution in [3.05, 3.63) is 35.4 Å². The molecule has 19 heavy (non-hydrogen) atoms. The van der Waals surface area contributed by atoms with E-state index in [0.29, 0.717) is 5.56 Å². The van der Waals surface area contributed by atoms with E-state index in [1.807, 2.05) is 33.0 Å². The van der Waals surface area contributed by atoms with Gasteiger partial charge in [-0.05, 0) is 51.6 Å². The Morgan fingerprint density at radius 2 is 1.95 bits per heavy atom. The summed E-state index contributed by atoms with van der Waals surface area (Å²) in [5, 5.41) is 17.8. The number of benzene rings is 1. The van der Waals surface area contributed by atoms with Crippen molar-refractivity contribution in [3.63, 3.8) is 0 Å². The monoisotopic (exact) mass is 260 g/mol. The van der Waals surface area contributed by atoms with Gasteiger partial charge in [-0.1, -0.05) is 12.1 Å². The third-order valence-corrected chi connectivity index (χ3v) is 3.07. The maximum atomic E-state index is 10.7. The van der Waals surface area contributed by atoms with Crippen molar-refractivity contribution in [1.29, 1.82) is 5.26 Å². The predicted octanol–water partition coefficient (Wildman–Crippen LogP) is 2.76. The molecule has 0 aliphatic heterocycles. The zero-order chi connectivity index (χ0) is 14.5. The number of nitrogens with zero attached hydrogens (tertiary/aromatic N) is 2. The Bertz CT molecular complexity index is 472. The molecular weight excluding hydrogens is 240 g/mol. The highest BCUT2D eigenvalue weighted by molar-refractivity contribution is 5.87. The Kier molecular flexibility index (Phi) is 5.08. The first kappa shape index (κ1) is 15.2. The van der Waals surface area contributed by atoms with E-state index in [9.17, 15) is 4.79 Å². The van der Waals surface area contributed by atoms with Gasteiger partial charge in [0.25, 0.3) is 0 Å². The maximum absolute atomic E-state index is 10.7. The summed E-state index contributed by atoms with van der Waals surface area (Å²) in [5.74, 6) is -0.907. The van der Waals surface area contributed by atoms with Gasteiger partial charge in [0, 0.05) is 6.54 Å². The van der Waals surface area contributed by atoms with Crippen LogP contribution < -0.4 is 0 Å². The Labute approximate surface area is 114 Å². The van der Waals surface area contributed by atoms with Gasteiger partial charge in [-0.3, -0.25) is 0 Å². The van der Waals surface area contributed by atoms with Crippen molar-refractivity contribution in [1.82, 2.24) is 4.90 Å². The Morgan fingerprint density at radius 1 is 1.37 bits per heavy atom. The average Bonchev–Trinajstić information content (AvgIpc) is 2.37.